The Kier molecular flexibility index (Phi) is 7.87. The van der Waals surface area contributed by atoms with Gasteiger partial charge in [0.1, 0.15) is 12.4 Å². The Morgan fingerprint density at radius 1 is 0.971 bits per heavy atom. The average molecular weight is 601 g/mol. The van der Waals surface area contributed by atoms with Gasteiger partial charge in [-0.3, -0.25) is 4.79 Å². The molecule has 35 heavy (non-hydrogen) atoms. The molecule has 0 atom stereocenters. The SMILES string of the molecule is CCc1nc2ccc(Br)cc2c(=O)n1N=Cc1cc(OC)c(OCc2ccc(Br)cc2)c(OC)c1. The Balaban J connectivity index is 1.68. The van der Waals surface area contributed by atoms with Gasteiger partial charge in [-0.25, -0.2) is 4.98 Å². The van der Waals surface area contributed by atoms with Crippen LogP contribution in [0.1, 0.15) is 23.9 Å². The summed E-state index contributed by atoms with van der Waals surface area (Å²) in [6.45, 7) is 2.28. The number of aryl methyl sites for hydroxylation is 1. The van der Waals surface area contributed by atoms with E-state index in [0.29, 0.717) is 52.6 Å². The second kappa shape index (κ2) is 11.0. The number of benzene rings is 3. The van der Waals surface area contributed by atoms with Crippen molar-refractivity contribution in [2.45, 2.75) is 20.0 Å². The molecule has 0 amide bonds. The predicted molar refractivity (Wildman–Crippen MR) is 144 cm³/mol. The summed E-state index contributed by atoms with van der Waals surface area (Å²) in [7, 11) is 3.12. The summed E-state index contributed by atoms with van der Waals surface area (Å²) in [6, 6.07) is 16.9. The van der Waals surface area contributed by atoms with E-state index in [-0.39, 0.29) is 5.56 Å². The van der Waals surface area contributed by atoms with Crippen molar-refractivity contribution in [1.82, 2.24) is 9.66 Å². The molecule has 4 rings (SSSR count). The van der Waals surface area contributed by atoms with Gasteiger partial charge >= 0.3 is 0 Å². The van der Waals surface area contributed by atoms with Crippen molar-refractivity contribution in [2.75, 3.05) is 14.2 Å². The van der Waals surface area contributed by atoms with Crippen LogP contribution in [0.3, 0.4) is 0 Å². The molecule has 0 bridgehead atoms. The lowest BCUT2D eigenvalue weighted by atomic mass is 10.2. The minimum absolute atomic E-state index is 0.238. The molecule has 0 aliphatic carbocycles. The minimum Gasteiger partial charge on any atom is -0.493 e. The zero-order valence-corrected chi connectivity index (χ0v) is 22.6. The van der Waals surface area contributed by atoms with Crippen molar-refractivity contribution in [1.29, 1.82) is 0 Å². The van der Waals surface area contributed by atoms with Gasteiger partial charge in [-0.15, -0.1) is 0 Å². The minimum atomic E-state index is -0.238. The van der Waals surface area contributed by atoms with Gasteiger partial charge in [0.2, 0.25) is 5.75 Å². The Morgan fingerprint density at radius 3 is 2.26 bits per heavy atom. The first kappa shape index (κ1) is 24.9. The Hall–Kier alpha value is -3.17. The van der Waals surface area contributed by atoms with Gasteiger partial charge in [0.25, 0.3) is 5.56 Å². The van der Waals surface area contributed by atoms with Crippen LogP contribution in [0.4, 0.5) is 0 Å². The van der Waals surface area contributed by atoms with Gasteiger partial charge in [-0.2, -0.15) is 9.78 Å². The summed E-state index contributed by atoms with van der Waals surface area (Å²) in [5.74, 6) is 2.03. The molecular weight excluding hydrogens is 578 g/mol. The number of methoxy groups -OCH3 is 2. The quantitative estimate of drug-likeness (QED) is 0.233. The van der Waals surface area contributed by atoms with Crippen LogP contribution < -0.4 is 19.8 Å². The molecular formula is C26H23Br2N3O4. The van der Waals surface area contributed by atoms with Crippen LogP contribution in [0.5, 0.6) is 17.2 Å². The predicted octanol–water partition coefficient (Wildman–Crippen LogP) is 5.96. The highest BCUT2D eigenvalue weighted by atomic mass is 79.9. The van der Waals surface area contributed by atoms with E-state index >= 15 is 0 Å². The Bertz CT molecular complexity index is 1420. The van der Waals surface area contributed by atoms with Gasteiger partial charge in [0.15, 0.2) is 11.5 Å². The van der Waals surface area contributed by atoms with Gasteiger partial charge in [0, 0.05) is 20.9 Å². The lowest BCUT2D eigenvalue weighted by Crippen LogP contribution is -2.22. The van der Waals surface area contributed by atoms with Gasteiger partial charge in [-0.05, 0) is 48.0 Å². The molecule has 1 aromatic heterocycles. The van der Waals surface area contributed by atoms with Crippen molar-refractivity contribution < 1.29 is 14.2 Å². The van der Waals surface area contributed by atoms with Gasteiger partial charge in [0.05, 0.1) is 31.3 Å². The van der Waals surface area contributed by atoms with E-state index in [1.54, 1.807) is 38.6 Å². The maximum absolute atomic E-state index is 13.1. The first-order valence-corrected chi connectivity index (χ1v) is 12.4. The maximum atomic E-state index is 13.1. The summed E-state index contributed by atoms with van der Waals surface area (Å²) in [5, 5.41) is 4.94. The molecule has 0 aliphatic rings. The van der Waals surface area contributed by atoms with E-state index in [2.05, 4.69) is 41.9 Å². The number of hydrogen-bond donors (Lipinski definition) is 0. The van der Waals surface area contributed by atoms with Crippen LogP contribution >= 0.6 is 31.9 Å². The number of nitrogens with zero attached hydrogens (tertiary/aromatic N) is 3. The fourth-order valence-electron chi connectivity index (χ4n) is 3.52. The second-order valence-electron chi connectivity index (χ2n) is 7.57. The van der Waals surface area contributed by atoms with Crippen molar-refractivity contribution in [2.24, 2.45) is 5.10 Å². The van der Waals surface area contributed by atoms with Crippen LogP contribution in [0, 0.1) is 0 Å². The summed E-state index contributed by atoms with van der Waals surface area (Å²) in [4.78, 5) is 17.7. The molecule has 180 valence electrons. The summed E-state index contributed by atoms with van der Waals surface area (Å²) in [5.41, 5.74) is 2.08. The van der Waals surface area contributed by atoms with E-state index in [1.807, 2.05) is 43.3 Å². The summed E-state index contributed by atoms with van der Waals surface area (Å²) in [6.07, 6.45) is 2.13. The fourth-order valence-corrected chi connectivity index (χ4v) is 4.15. The monoisotopic (exact) mass is 599 g/mol. The third kappa shape index (κ3) is 5.57. The molecule has 0 saturated heterocycles. The molecule has 0 aliphatic heterocycles. The van der Waals surface area contributed by atoms with Crippen LogP contribution in [0.15, 0.2) is 73.4 Å². The van der Waals surface area contributed by atoms with Gasteiger partial charge in [-0.1, -0.05) is 50.9 Å². The Morgan fingerprint density at radius 2 is 1.63 bits per heavy atom. The van der Waals surface area contributed by atoms with Crippen LogP contribution in [-0.2, 0) is 13.0 Å². The van der Waals surface area contributed by atoms with Crippen LogP contribution in [0.2, 0.25) is 0 Å². The molecule has 0 fully saturated rings. The van der Waals surface area contributed by atoms with E-state index in [9.17, 15) is 4.79 Å². The van der Waals surface area contributed by atoms with Crippen molar-refractivity contribution in [3.8, 4) is 17.2 Å². The maximum Gasteiger partial charge on any atom is 0.282 e. The number of aromatic nitrogens is 2. The molecule has 0 spiro atoms. The molecule has 0 radical (unpaired) electrons. The van der Waals surface area contributed by atoms with E-state index in [1.165, 1.54) is 4.68 Å². The molecule has 7 nitrogen and oxygen atoms in total. The van der Waals surface area contributed by atoms with Crippen molar-refractivity contribution >= 4 is 49.0 Å². The third-order valence-electron chi connectivity index (χ3n) is 5.29. The molecule has 0 N–H and O–H groups in total. The zero-order chi connectivity index (χ0) is 24.9. The van der Waals surface area contributed by atoms with Crippen molar-refractivity contribution in [3.63, 3.8) is 0 Å². The first-order chi connectivity index (χ1) is 16.9. The average Bonchev–Trinajstić information content (AvgIpc) is 2.87. The zero-order valence-electron chi connectivity index (χ0n) is 19.4. The summed E-state index contributed by atoms with van der Waals surface area (Å²) < 4.78 is 20.3. The van der Waals surface area contributed by atoms with E-state index < -0.39 is 0 Å². The third-order valence-corrected chi connectivity index (χ3v) is 6.32. The van der Waals surface area contributed by atoms with Crippen LogP contribution in [0.25, 0.3) is 10.9 Å². The normalized spacial score (nSPS) is 11.2. The molecule has 0 saturated carbocycles. The molecule has 1 heterocycles. The number of rotatable bonds is 8. The second-order valence-corrected chi connectivity index (χ2v) is 9.41. The van der Waals surface area contributed by atoms with Crippen LogP contribution in [-0.4, -0.2) is 30.1 Å². The van der Waals surface area contributed by atoms with E-state index in [4.69, 9.17) is 14.2 Å². The topological polar surface area (TPSA) is 74.9 Å². The molecule has 4 aromatic rings. The lowest BCUT2D eigenvalue weighted by Gasteiger charge is -2.15. The number of ether oxygens (including phenoxy) is 3. The molecule has 3 aromatic carbocycles. The first-order valence-electron chi connectivity index (χ1n) is 10.8. The smallest absolute Gasteiger partial charge is 0.282 e. The molecule has 9 heteroatoms. The van der Waals surface area contributed by atoms with Gasteiger partial charge < -0.3 is 14.2 Å². The van der Waals surface area contributed by atoms with Crippen molar-refractivity contribution in [3.05, 3.63) is 90.8 Å². The number of hydrogen-bond acceptors (Lipinski definition) is 6. The van der Waals surface area contributed by atoms with E-state index in [0.717, 1.165) is 14.5 Å². The summed E-state index contributed by atoms with van der Waals surface area (Å²) >= 11 is 6.85. The molecule has 0 unspecified atom stereocenters. The largest absolute Gasteiger partial charge is 0.493 e. The standard InChI is InChI=1S/C26H23Br2N3O4/c1-4-24-30-21-10-9-19(28)13-20(21)26(32)31(24)29-14-17-11-22(33-2)25(23(12-17)34-3)35-15-16-5-7-18(27)8-6-16/h5-14H,4,15H2,1-3H3. The number of halogens is 2. The fraction of sp³-hybridized carbons (Fsp3) is 0.192. The Labute approximate surface area is 219 Å². The lowest BCUT2D eigenvalue weighted by molar-refractivity contribution is 0.266. The highest BCUT2D eigenvalue weighted by Crippen LogP contribution is 2.38. The highest BCUT2D eigenvalue weighted by Gasteiger charge is 2.15. The highest BCUT2D eigenvalue weighted by molar-refractivity contribution is 9.10. The number of fused-ring (bicyclic) bond motifs is 1.